The second kappa shape index (κ2) is 13.6. The van der Waals surface area contributed by atoms with Crippen molar-refractivity contribution in [2.24, 2.45) is 5.92 Å². The topological polar surface area (TPSA) is 58.6 Å². The third-order valence-corrected chi connectivity index (χ3v) is 3.92. The van der Waals surface area contributed by atoms with Crippen molar-refractivity contribution in [3.05, 3.63) is 12.3 Å². The van der Waals surface area contributed by atoms with E-state index in [0.717, 1.165) is 25.7 Å². The van der Waals surface area contributed by atoms with E-state index in [2.05, 4.69) is 18.8 Å². The highest BCUT2D eigenvalue weighted by molar-refractivity contribution is 5.77. The van der Waals surface area contributed by atoms with Crippen LogP contribution in [0.1, 0.15) is 72.1 Å². The zero-order valence-electron chi connectivity index (χ0n) is 14.7. The van der Waals surface area contributed by atoms with Crippen molar-refractivity contribution >= 4 is 5.91 Å². The lowest BCUT2D eigenvalue weighted by Crippen LogP contribution is -2.30. The van der Waals surface area contributed by atoms with Gasteiger partial charge in [-0.2, -0.15) is 0 Å². The van der Waals surface area contributed by atoms with Gasteiger partial charge in [-0.15, -0.1) is 0 Å². The molecule has 0 aliphatic carbocycles. The van der Waals surface area contributed by atoms with Gasteiger partial charge in [0.15, 0.2) is 0 Å². The second-order valence-electron chi connectivity index (χ2n) is 6.21. The summed E-state index contributed by atoms with van der Waals surface area (Å²) < 4.78 is 5.55. The monoisotopic (exact) mass is 313 g/mol. The molecule has 130 valence electrons. The first kappa shape index (κ1) is 21.0. The highest BCUT2D eigenvalue weighted by Gasteiger charge is 2.07. The molecule has 0 fully saturated rings. The highest BCUT2D eigenvalue weighted by atomic mass is 16.5. The van der Waals surface area contributed by atoms with E-state index in [4.69, 9.17) is 4.74 Å². The van der Waals surface area contributed by atoms with Crippen LogP contribution >= 0.6 is 0 Å². The molecule has 2 atom stereocenters. The summed E-state index contributed by atoms with van der Waals surface area (Å²) in [4.78, 5) is 11.6. The summed E-state index contributed by atoms with van der Waals surface area (Å²) in [5.41, 5.74) is 0. The molecule has 4 nitrogen and oxygen atoms in total. The highest BCUT2D eigenvalue weighted by Crippen LogP contribution is 2.13. The molecular weight excluding hydrogens is 278 g/mol. The first-order chi connectivity index (χ1) is 10.5. The Kier molecular flexibility index (Phi) is 13.0. The summed E-state index contributed by atoms with van der Waals surface area (Å²) >= 11 is 0. The van der Waals surface area contributed by atoms with Gasteiger partial charge < -0.3 is 15.2 Å². The van der Waals surface area contributed by atoms with Crippen LogP contribution in [0.25, 0.3) is 0 Å². The minimum Gasteiger partial charge on any atom is -0.513 e. The van der Waals surface area contributed by atoms with Crippen molar-refractivity contribution < 1.29 is 14.6 Å². The number of unbranched alkanes of at least 4 members (excludes halogenated alkanes) is 4. The molecule has 0 aliphatic rings. The smallest absolute Gasteiger partial charge is 0.246 e. The standard InChI is InChI=1S/C18H35NO3/c1-5-6-7-8-12-16(3)22-14-18(21)19-13-10-9-11-15(2)17(4)20/h15-16,20H,4-14H2,1-3H3,(H,19,21)/t15-,16?/m1/s1. The molecular formula is C18H35NO3. The molecule has 0 aromatic carbocycles. The van der Waals surface area contributed by atoms with E-state index in [0.29, 0.717) is 6.54 Å². The molecule has 0 aromatic rings. The molecule has 2 N–H and O–H groups in total. The van der Waals surface area contributed by atoms with Crippen LogP contribution in [0.3, 0.4) is 0 Å². The van der Waals surface area contributed by atoms with Crippen molar-refractivity contribution in [2.45, 2.75) is 78.2 Å². The maximum Gasteiger partial charge on any atom is 0.246 e. The van der Waals surface area contributed by atoms with Crippen molar-refractivity contribution in [3.63, 3.8) is 0 Å². The largest absolute Gasteiger partial charge is 0.513 e. The minimum atomic E-state index is -0.0416. The average Bonchev–Trinajstić information content (AvgIpc) is 2.48. The molecule has 4 heteroatoms. The first-order valence-electron chi connectivity index (χ1n) is 8.73. The fourth-order valence-electron chi connectivity index (χ4n) is 2.18. The Hall–Kier alpha value is -1.03. The zero-order valence-corrected chi connectivity index (χ0v) is 14.7. The van der Waals surface area contributed by atoms with Crippen LogP contribution < -0.4 is 5.32 Å². The number of carbonyl (C=O) groups is 1. The van der Waals surface area contributed by atoms with Crippen LogP contribution in [0.2, 0.25) is 0 Å². The fourth-order valence-corrected chi connectivity index (χ4v) is 2.18. The summed E-state index contributed by atoms with van der Waals surface area (Å²) in [6, 6.07) is 0. The number of amides is 1. The molecule has 0 saturated heterocycles. The van der Waals surface area contributed by atoms with E-state index in [1.807, 2.05) is 13.8 Å². The van der Waals surface area contributed by atoms with E-state index < -0.39 is 0 Å². The van der Waals surface area contributed by atoms with Gasteiger partial charge in [0.2, 0.25) is 5.91 Å². The van der Waals surface area contributed by atoms with Gasteiger partial charge >= 0.3 is 0 Å². The predicted octanol–water partition coefficient (Wildman–Crippen LogP) is 4.36. The normalized spacial score (nSPS) is 13.6. The van der Waals surface area contributed by atoms with Crippen LogP contribution in [-0.4, -0.2) is 30.3 Å². The third-order valence-electron chi connectivity index (χ3n) is 3.92. The molecule has 1 amide bonds. The van der Waals surface area contributed by atoms with Crippen LogP contribution in [0.5, 0.6) is 0 Å². The van der Waals surface area contributed by atoms with Gasteiger partial charge in [-0.25, -0.2) is 0 Å². The lowest BCUT2D eigenvalue weighted by atomic mass is 10.0. The predicted molar refractivity (Wildman–Crippen MR) is 92.0 cm³/mol. The van der Waals surface area contributed by atoms with Gasteiger partial charge in [0.25, 0.3) is 0 Å². The molecule has 0 radical (unpaired) electrons. The lowest BCUT2D eigenvalue weighted by Gasteiger charge is -2.13. The average molecular weight is 313 g/mol. The van der Waals surface area contributed by atoms with Gasteiger partial charge in [-0.05, 0) is 26.2 Å². The second-order valence-corrected chi connectivity index (χ2v) is 6.21. The summed E-state index contributed by atoms with van der Waals surface area (Å²) in [7, 11) is 0. The van der Waals surface area contributed by atoms with Crippen molar-refractivity contribution in [1.82, 2.24) is 5.32 Å². The number of nitrogens with one attached hydrogen (secondary N) is 1. The molecule has 0 aliphatic heterocycles. The molecule has 0 bridgehead atoms. The summed E-state index contributed by atoms with van der Waals surface area (Å²) in [5, 5.41) is 12.1. The van der Waals surface area contributed by atoms with E-state index in [-0.39, 0.29) is 30.3 Å². The zero-order chi connectivity index (χ0) is 16.8. The number of hydrogen-bond acceptors (Lipinski definition) is 3. The van der Waals surface area contributed by atoms with Crippen LogP contribution in [0, 0.1) is 5.92 Å². The molecule has 0 heterocycles. The quantitative estimate of drug-likeness (QED) is 0.370. The fraction of sp³-hybridized carbons (Fsp3) is 0.833. The van der Waals surface area contributed by atoms with Gasteiger partial charge in [0.1, 0.15) is 6.61 Å². The van der Waals surface area contributed by atoms with Crippen molar-refractivity contribution in [2.75, 3.05) is 13.2 Å². The van der Waals surface area contributed by atoms with Gasteiger partial charge in [-0.1, -0.05) is 52.5 Å². The Bertz CT molecular complexity index is 305. The van der Waals surface area contributed by atoms with Gasteiger partial charge in [-0.3, -0.25) is 4.79 Å². The molecule has 1 unspecified atom stereocenters. The SMILES string of the molecule is C=C(O)[C@H](C)CCCCNC(=O)COC(C)CCCCCC. The molecule has 0 rings (SSSR count). The molecule has 0 saturated carbocycles. The first-order valence-corrected chi connectivity index (χ1v) is 8.73. The van der Waals surface area contributed by atoms with E-state index in [1.54, 1.807) is 0 Å². The number of ether oxygens (including phenoxy) is 1. The number of carbonyl (C=O) groups excluding carboxylic acids is 1. The number of aliphatic hydroxyl groups is 1. The summed E-state index contributed by atoms with van der Waals surface area (Å²) in [5.74, 6) is 0.331. The van der Waals surface area contributed by atoms with Gasteiger partial charge in [0.05, 0.1) is 11.9 Å². The number of rotatable bonds is 14. The Morgan fingerprint density at radius 3 is 2.45 bits per heavy atom. The van der Waals surface area contributed by atoms with Crippen molar-refractivity contribution in [3.8, 4) is 0 Å². The van der Waals surface area contributed by atoms with Crippen LogP contribution in [0.15, 0.2) is 12.3 Å². The Morgan fingerprint density at radius 1 is 1.14 bits per heavy atom. The third kappa shape index (κ3) is 12.7. The van der Waals surface area contributed by atoms with Crippen molar-refractivity contribution in [1.29, 1.82) is 0 Å². The molecule has 0 spiro atoms. The summed E-state index contributed by atoms with van der Waals surface area (Å²) in [6.45, 7) is 10.5. The van der Waals surface area contributed by atoms with Crippen LogP contribution in [0.4, 0.5) is 0 Å². The van der Waals surface area contributed by atoms with Gasteiger partial charge in [0, 0.05) is 12.5 Å². The summed E-state index contributed by atoms with van der Waals surface area (Å²) in [6.07, 6.45) is 8.88. The van der Waals surface area contributed by atoms with E-state index >= 15 is 0 Å². The maximum atomic E-state index is 11.6. The number of aliphatic hydroxyl groups excluding tert-OH is 1. The Morgan fingerprint density at radius 2 is 1.82 bits per heavy atom. The number of hydrogen-bond donors (Lipinski definition) is 2. The molecule has 0 aromatic heterocycles. The Labute approximate surface area is 136 Å². The molecule has 22 heavy (non-hydrogen) atoms. The van der Waals surface area contributed by atoms with E-state index in [1.165, 1.54) is 25.7 Å². The number of allylic oxidation sites excluding steroid dienone is 1. The Balaban J connectivity index is 3.47. The lowest BCUT2D eigenvalue weighted by molar-refractivity contribution is -0.127. The van der Waals surface area contributed by atoms with E-state index in [9.17, 15) is 9.90 Å². The maximum absolute atomic E-state index is 11.6. The minimum absolute atomic E-state index is 0.0416. The van der Waals surface area contributed by atoms with Crippen LogP contribution in [-0.2, 0) is 9.53 Å².